The molecule has 6 aliphatic rings. The second-order valence-corrected chi connectivity index (χ2v) is 12.5. The molecule has 8 nitrogen and oxygen atoms in total. The molecule has 3 aromatic rings. The van der Waals surface area contributed by atoms with Gasteiger partial charge in [0, 0.05) is 67.4 Å². The molecule has 5 saturated heterocycles. The Bertz CT molecular complexity index is 1780. The van der Waals surface area contributed by atoms with Gasteiger partial charge in [-0.05, 0) is 56.2 Å². The van der Waals surface area contributed by atoms with Gasteiger partial charge in [-0.25, -0.2) is 8.78 Å². The van der Waals surface area contributed by atoms with Gasteiger partial charge in [-0.15, -0.1) is 6.42 Å². The Morgan fingerprint density at radius 3 is 2.95 bits per heavy atom. The maximum absolute atomic E-state index is 15.0. The van der Waals surface area contributed by atoms with Crippen molar-refractivity contribution < 1.29 is 22.7 Å². The lowest BCUT2D eigenvalue weighted by molar-refractivity contribution is 0.107. The van der Waals surface area contributed by atoms with Crippen LogP contribution in [-0.2, 0) is 13.0 Å². The van der Waals surface area contributed by atoms with Crippen LogP contribution in [0.15, 0.2) is 24.3 Å². The largest absolute Gasteiger partial charge is 0.508 e. The van der Waals surface area contributed by atoms with Crippen LogP contribution < -0.4 is 19.9 Å². The van der Waals surface area contributed by atoms with E-state index in [2.05, 4.69) is 16.1 Å². The van der Waals surface area contributed by atoms with Crippen molar-refractivity contribution in [3.8, 4) is 24.1 Å². The number of alkyl halides is 1. The number of aromatic hydroxyl groups is 1. The predicted octanol–water partition coefficient (Wildman–Crippen LogP) is 3.91. The number of rotatable bonds is 5. The van der Waals surface area contributed by atoms with Gasteiger partial charge in [-0.3, -0.25) is 4.90 Å². The van der Waals surface area contributed by atoms with Crippen molar-refractivity contribution >= 4 is 22.3 Å². The molecule has 224 valence electrons. The minimum absolute atomic E-state index is 0.0237. The first kappa shape index (κ1) is 23.7. The molecule has 5 fully saturated rings. The highest BCUT2D eigenvalue weighted by molar-refractivity contribution is 6.00. The van der Waals surface area contributed by atoms with Crippen LogP contribution in [0.5, 0.6) is 11.8 Å². The number of ether oxygens (including phenoxy) is 1. The van der Waals surface area contributed by atoms with Crippen molar-refractivity contribution in [1.29, 1.82) is 0 Å². The van der Waals surface area contributed by atoms with Crippen molar-refractivity contribution in [3.05, 3.63) is 46.9 Å². The zero-order valence-corrected chi connectivity index (χ0v) is 23.9. The Labute approximate surface area is 254 Å². The smallest absolute Gasteiger partial charge is 0.318 e. The molecule has 0 radical (unpaired) electrons. The lowest BCUT2D eigenvalue weighted by Crippen LogP contribution is -2.61. The molecular formula is C33H36F2N6O2. The molecule has 9 rings (SSSR count). The number of piperidine rings is 2. The van der Waals surface area contributed by atoms with E-state index >= 15 is 0 Å². The molecule has 0 spiro atoms. The van der Waals surface area contributed by atoms with Crippen LogP contribution in [0, 0.1) is 18.2 Å². The summed E-state index contributed by atoms with van der Waals surface area (Å²) >= 11 is 0. The number of halogens is 2. The number of benzene rings is 2. The molecule has 43 heavy (non-hydrogen) atoms. The highest BCUT2D eigenvalue weighted by Gasteiger charge is 2.49. The van der Waals surface area contributed by atoms with E-state index in [9.17, 15) is 13.9 Å². The number of anilines is 2. The molecular weight excluding hydrogens is 550 g/mol. The summed E-state index contributed by atoms with van der Waals surface area (Å²) in [6.07, 6.45) is 6.89. The zero-order valence-electron chi connectivity index (χ0n) is 26.9. The number of nitrogens with one attached hydrogen (secondary N) is 1. The third kappa shape index (κ3) is 4.47. The highest BCUT2D eigenvalue weighted by Crippen LogP contribution is 2.42. The van der Waals surface area contributed by atoms with Crippen molar-refractivity contribution in [1.82, 2.24) is 20.2 Å². The second kappa shape index (κ2) is 10.2. The fourth-order valence-electron chi connectivity index (χ4n) is 7.88. The summed E-state index contributed by atoms with van der Waals surface area (Å²) in [5.74, 6) is 2.70. The predicted molar refractivity (Wildman–Crippen MR) is 161 cm³/mol. The van der Waals surface area contributed by atoms with Crippen molar-refractivity contribution in [3.63, 3.8) is 0 Å². The number of piperazine rings is 1. The summed E-state index contributed by atoms with van der Waals surface area (Å²) in [6.45, 7) is 0.353. The third-order valence-electron chi connectivity index (χ3n) is 9.96. The van der Waals surface area contributed by atoms with Gasteiger partial charge in [0.05, 0.1) is 27.5 Å². The normalized spacial score (nSPS) is 31.3. The van der Waals surface area contributed by atoms with Crippen molar-refractivity contribution in [2.75, 3.05) is 49.1 Å². The topological polar surface area (TPSA) is 77.0 Å². The van der Waals surface area contributed by atoms with Crippen molar-refractivity contribution in [2.24, 2.45) is 0 Å². The molecule has 0 saturated carbocycles. The van der Waals surface area contributed by atoms with Gasteiger partial charge in [-0.1, -0.05) is 12.0 Å². The van der Waals surface area contributed by atoms with Gasteiger partial charge in [0.25, 0.3) is 0 Å². The Morgan fingerprint density at radius 2 is 2.16 bits per heavy atom. The maximum Gasteiger partial charge on any atom is 0.318 e. The first-order chi connectivity index (χ1) is 22.0. The fraction of sp³-hybridized carbons (Fsp3) is 0.515. The van der Waals surface area contributed by atoms with Crippen molar-refractivity contribution in [2.45, 2.75) is 68.8 Å². The van der Waals surface area contributed by atoms with Crippen LogP contribution >= 0.6 is 0 Å². The van der Waals surface area contributed by atoms with Crippen LogP contribution in [0.1, 0.15) is 53.0 Å². The highest BCUT2D eigenvalue weighted by atomic mass is 19.1. The number of aromatic nitrogens is 2. The molecule has 0 amide bonds. The summed E-state index contributed by atoms with van der Waals surface area (Å²) in [7, 11) is 0. The van der Waals surface area contributed by atoms with E-state index in [1.54, 1.807) is 23.1 Å². The van der Waals surface area contributed by atoms with Gasteiger partial charge < -0.3 is 25.0 Å². The average Bonchev–Trinajstić information content (AvgIpc) is 3.54. The Morgan fingerprint density at radius 1 is 1.26 bits per heavy atom. The van der Waals surface area contributed by atoms with Gasteiger partial charge in [0.15, 0.2) is 0 Å². The summed E-state index contributed by atoms with van der Waals surface area (Å²) < 4.78 is 62.2. The molecule has 0 aliphatic carbocycles. The van der Waals surface area contributed by atoms with E-state index in [4.69, 9.17) is 25.2 Å². The maximum atomic E-state index is 15.0. The lowest BCUT2D eigenvalue weighted by atomic mass is 9.92. The number of fused-ring (bicyclic) bond motifs is 6. The van der Waals surface area contributed by atoms with E-state index < -0.39 is 24.1 Å². The lowest BCUT2D eigenvalue weighted by Gasteiger charge is -2.47. The van der Waals surface area contributed by atoms with Crippen LogP contribution in [-0.4, -0.2) is 83.0 Å². The average molecular weight is 590 g/mol. The van der Waals surface area contributed by atoms with E-state index in [-0.39, 0.29) is 42.9 Å². The molecule has 1 aromatic heterocycles. The Hall–Kier alpha value is -3.68. The van der Waals surface area contributed by atoms with Gasteiger partial charge in [-0.2, -0.15) is 9.97 Å². The van der Waals surface area contributed by atoms with Gasteiger partial charge in [0.1, 0.15) is 30.1 Å². The minimum Gasteiger partial charge on any atom is -0.508 e. The van der Waals surface area contributed by atoms with Gasteiger partial charge in [0.2, 0.25) is 0 Å². The van der Waals surface area contributed by atoms with Crippen LogP contribution in [0.4, 0.5) is 20.3 Å². The van der Waals surface area contributed by atoms with E-state index in [0.717, 1.165) is 37.3 Å². The number of hydrogen-bond donors (Lipinski definition) is 2. The standard InChI is InChI=1S/C33H36F2N6O2/c1-2-25-27(35)7-4-20-12-24(42)13-29(30(20)25)39-11-8-26-28(18-39)37-32(38-31(26)41-17-22-5-6-23(41)15-36-22)43-19-33-9-3-10-40(33)16-21(34)14-33/h1,4,7,12-13,21-23,36,42H,3,5-6,8-11,14-19H2/t21-,22?,23?,33+/m1/s1/i19D2,21D. The molecule has 7 heterocycles. The molecule has 2 N–H and O–H groups in total. The fourth-order valence-corrected chi connectivity index (χ4v) is 7.88. The quantitative estimate of drug-likeness (QED) is 0.434. The Balaban J connectivity index is 1.21. The van der Waals surface area contributed by atoms with Crippen LogP contribution in [0.25, 0.3) is 10.8 Å². The SMILES string of the molecule is [2H]C([2H])(Oc1nc2c(c(N3CC4CCC3CN4)n1)CCN(c1cc(O)cc3ccc(F)c(C#C)c13)C2)[C@@]12CCCN1C[C@]([2H])(F)C2. The number of nitrogens with zero attached hydrogens (tertiary/aromatic N) is 5. The number of phenolic OH excluding ortho intramolecular Hbond substituents is 1. The van der Waals surface area contributed by atoms with E-state index in [0.29, 0.717) is 60.5 Å². The number of hydrogen-bond acceptors (Lipinski definition) is 8. The van der Waals surface area contributed by atoms with E-state index in [1.807, 2.05) is 4.90 Å². The first-order valence-electron chi connectivity index (χ1n) is 16.7. The molecule has 6 aliphatic heterocycles. The summed E-state index contributed by atoms with van der Waals surface area (Å²) in [6, 6.07) is 6.44. The molecule has 2 bridgehead atoms. The van der Waals surface area contributed by atoms with Crippen LogP contribution in [0.2, 0.25) is 0 Å². The molecule has 10 heteroatoms. The number of phenols is 1. The monoisotopic (exact) mass is 589 g/mol. The summed E-state index contributed by atoms with van der Waals surface area (Å²) in [4.78, 5) is 15.6. The summed E-state index contributed by atoms with van der Waals surface area (Å²) in [5.41, 5.74) is 0.984. The second-order valence-electron chi connectivity index (χ2n) is 12.5. The third-order valence-corrected chi connectivity index (χ3v) is 9.96. The zero-order chi connectivity index (χ0) is 32.0. The summed E-state index contributed by atoms with van der Waals surface area (Å²) in [5, 5.41) is 15.3. The molecule has 4 atom stereocenters. The Kier molecular flexibility index (Phi) is 5.63. The van der Waals surface area contributed by atoms with Gasteiger partial charge >= 0.3 is 6.01 Å². The number of terminal acetylenes is 1. The van der Waals surface area contributed by atoms with E-state index in [1.165, 1.54) is 6.07 Å². The first-order valence-corrected chi connectivity index (χ1v) is 15.2. The minimum atomic E-state index is -2.36. The van der Waals surface area contributed by atoms with Crippen LogP contribution in [0.3, 0.4) is 0 Å². The molecule has 2 unspecified atom stereocenters. The molecule has 2 aromatic carbocycles.